The van der Waals surface area contributed by atoms with E-state index in [0.29, 0.717) is 18.8 Å². The Balaban J connectivity index is 3.96. The predicted molar refractivity (Wildman–Crippen MR) is 59.0 cm³/mol. The summed E-state index contributed by atoms with van der Waals surface area (Å²) in [5.74, 6) is 0.573. The number of halogens is 1. The molecule has 0 saturated heterocycles. The van der Waals surface area contributed by atoms with E-state index in [9.17, 15) is 4.79 Å². The van der Waals surface area contributed by atoms with Crippen LogP contribution in [0.25, 0.3) is 0 Å². The highest BCUT2D eigenvalue weighted by Crippen LogP contribution is 1.81. The van der Waals surface area contributed by atoms with Crippen molar-refractivity contribution in [2.45, 2.75) is 0 Å². The van der Waals surface area contributed by atoms with Crippen molar-refractivity contribution in [3.63, 3.8) is 0 Å². The summed E-state index contributed by atoms with van der Waals surface area (Å²) in [4.78, 5) is 13.9. The maximum atomic E-state index is 9.87. The molecule has 0 aromatic carbocycles. The summed E-state index contributed by atoms with van der Waals surface area (Å²) >= 11 is 5.31. The molecule has 0 aromatic rings. The fourth-order valence-corrected chi connectivity index (χ4v) is 0.631. The van der Waals surface area contributed by atoms with Gasteiger partial charge in [0.2, 0.25) is 6.41 Å². The first kappa shape index (κ1) is 12.4. The van der Waals surface area contributed by atoms with Gasteiger partial charge in [0.25, 0.3) is 0 Å². The highest BCUT2D eigenvalue weighted by atomic mass is 35.5. The smallest absolute Gasteiger partial charge is 0.207 e. The second kappa shape index (κ2) is 9.54. The molecule has 0 heterocycles. The van der Waals surface area contributed by atoms with Gasteiger partial charge in [0, 0.05) is 24.5 Å². The summed E-state index contributed by atoms with van der Waals surface area (Å²) in [6.07, 6.45) is 6.96. The number of carbonyl (C=O) groups is 1. The molecule has 76 valence electrons. The number of amidine groups is 1. The van der Waals surface area contributed by atoms with E-state index in [1.54, 1.807) is 18.4 Å². The Morgan fingerprint density at radius 1 is 1.57 bits per heavy atom. The minimum absolute atomic E-state index is 0.447. The van der Waals surface area contributed by atoms with E-state index in [1.807, 2.05) is 0 Å². The summed E-state index contributed by atoms with van der Waals surface area (Å²) in [5.41, 5.74) is 1.33. The zero-order chi connectivity index (χ0) is 10.6. The Morgan fingerprint density at radius 3 is 2.93 bits per heavy atom. The van der Waals surface area contributed by atoms with Crippen molar-refractivity contribution >= 4 is 23.8 Å². The lowest BCUT2D eigenvalue weighted by Gasteiger charge is -1.96. The molecule has 0 spiro atoms. The van der Waals surface area contributed by atoms with Gasteiger partial charge in [-0.1, -0.05) is 18.2 Å². The van der Waals surface area contributed by atoms with Crippen molar-refractivity contribution in [2.24, 2.45) is 4.99 Å². The van der Waals surface area contributed by atoms with Gasteiger partial charge in [-0.15, -0.1) is 0 Å². The van der Waals surface area contributed by atoms with Crippen LogP contribution in [0.4, 0.5) is 0 Å². The van der Waals surface area contributed by atoms with Crippen molar-refractivity contribution in [3.8, 4) is 0 Å². The number of carbonyl (C=O) groups excluding carboxylic acids is 1. The Labute approximate surface area is 88.0 Å². The van der Waals surface area contributed by atoms with E-state index < -0.39 is 0 Å². The zero-order valence-electron chi connectivity index (χ0n) is 7.61. The van der Waals surface area contributed by atoms with Crippen LogP contribution in [-0.2, 0) is 4.79 Å². The molecule has 0 unspecified atom stereocenters. The Morgan fingerprint density at radius 2 is 2.36 bits per heavy atom. The number of rotatable bonds is 6. The van der Waals surface area contributed by atoms with Gasteiger partial charge < -0.3 is 10.6 Å². The van der Waals surface area contributed by atoms with Crippen molar-refractivity contribution in [3.05, 3.63) is 36.7 Å². The first-order chi connectivity index (χ1) is 6.85. The number of amides is 1. The van der Waals surface area contributed by atoms with E-state index in [2.05, 4.69) is 22.2 Å². The minimum atomic E-state index is 0.447. The van der Waals surface area contributed by atoms with Crippen LogP contribution < -0.4 is 10.6 Å². The maximum absolute atomic E-state index is 9.87. The molecule has 0 saturated carbocycles. The lowest BCUT2D eigenvalue weighted by molar-refractivity contribution is -0.109. The Kier molecular flexibility index (Phi) is 8.48. The summed E-state index contributed by atoms with van der Waals surface area (Å²) < 4.78 is 0. The summed E-state index contributed by atoms with van der Waals surface area (Å²) in [7, 11) is 0. The largest absolute Gasteiger partial charge is 0.355 e. The van der Waals surface area contributed by atoms with Gasteiger partial charge in [-0.05, 0) is 12.2 Å². The average molecular weight is 214 g/mol. The number of hydrogen-bond acceptors (Lipinski definition) is 2. The number of aliphatic imine (C=N–C) groups is 1. The highest BCUT2D eigenvalue weighted by molar-refractivity contribution is 6.25. The van der Waals surface area contributed by atoms with Crippen LogP contribution in [0.15, 0.2) is 41.7 Å². The van der Waals surface area contributed by atoms with Gasteiger partial charge in [0.05, 0.1) is 0 Å². The van der Waals surface area contributed by atoms with Crippen LogP contribution in [0.1, 0.15) is 0 Å². The van der Waals surface area contributed by atoms with Crippen molar-refractivity contribution in [1.29, 1.82) is 0 Å². The first-order valence-electron chi connectivity index (χ1n) is 3.89. The van der Waals surface area contributed by atoms with E-state index in [-0.39, 0.29) is 0 Å². The monoisotopic (exact) mass is 213 g/mol. The van der Waals surface area contributed by atoms with Gasteiger partial charge in [-0.3, -0.25) is 4.79 Å². The predicted octanol–water partition coefficient (Wildman–Crippen LogP) is 1.13. The van der Waals surface area contributed by atoms with Crippen molar-refractivity contribution < 1.29 is 4.79 Å². The van der Waals surface area contributed by atoms with Crippen molar-refractivity contribution in [1.82, 2.24) is 10.6 Å². The Bertz CT molecular complexity index is 259. The normalized spacial score (nSPS) is 11.9. The molecule has 0 aliphatic rings. The molecule has 0 atom stereocenters. The van der Waals surface area contributed by atoms with Crippen LogP contribution in [-0.4, -0.2) is 18.8 Å². The molecule has 1 amide bonds. The second-order valence-corrected chi connectivity index (χ2v) is 2.32. The molecule has 2 N–H and O–H groups in total. The highest BCUT2D eigenvalue weighted by Gasteiger charge is 1.83. The summed E-state index contributed by atoms with van der Waals surface area (Å²) in [6.45, 7) is 4.00. The molecule has 5 heteroatoms. The van der Waals surface area contributed by atoms with E-state index in [4.69, 9.17) is 11.6 Å². The molecule has 14 heavy (non-hydrogen) atoms. The molecule has 0 radical (unpaired) electrons. The maximum Gasteiger partial charge on any atom is 0.207 e. The van der Waals surface area contributed by atoms with Crippen LogP contribution in [0.3, 0.4) is 0 Å². The molecule has 0 aliphatic carbocycles. The third-order valence-corrected chi connectivity index (χ3v) is 1.25. The molecule has 0 aromatic heterocycles. The summed E-state index contributed by atoms with van der Waals surface area (Å²) in [6, 6.07) is 0. The zero-order valence-corrected chi connectivity index (χ0v) is 8.37. The molecule has 0 bridgehead atoms. The van der Waals surface area contributed by atoms with Crippen LogP contribution in [0.2, 0.25) is 0 Å². The van der Waals surface area contributed by atoms with Gasteiger partial charge in [0.15, 0.2) is 0 Å². The number of hydrogen-bond donors (Lipinski definition) is 2. The van der Waals surface area contributed by atoms with Crippen LogP contribution in [0, 0.1) is 0 Å². The topological polar surface area (TPSA) is 53.5 Å². The lowest BCUT2D eigenvalue weighted by Crippen LogP contribution is -2.13. The molecular weight excluding hydrogens is 202 g/mol. The van der Waals surface area contributed by atoms with E-state index >= 15 is 0 Å². The summed E-state index contributed by atoms with van der Waals surface area (Å²) in [5, 5.41) is 5.25. The van der Waals surface area contributed by atoms with Gasteiger partial charge in [0.1, 0.15) is 5.84 Å². The average Bonchev–Trinajstić information content (AvgIpc) is 2.22. The quantitative estimate of drug-likeness (QED) is 0.301. The standard InChI is InChI=1S/C9H12ClN3O/c1-2-9(13-7-4-10)12-6-3-5-11-8-14/h2-4,6-8H,1,5H2,(H,11,14)(H,12,13)/b6-3+,7-4+. The molecule has 4 nitrogen and oxygen atoms in total. The third-order valence-electron chi connectivity index (χ3n) is 1.13. The fourth-order valence-electron chi connectivity index (χ4n) is 0.568. The first-order valence-corrected chi connectivity index (χ1v) is 4.32. The SMILES string of the molecule is C=CC(=N/C=C/CNC=O)N/C=C/Cl. The second-order valence-electron chi connectivity index (χ2n) is 2.07. The van der Waals surface area contributed by atoms with Gasteiger partial charge in [-0.2, -0.15) is 0 Å². The Hall–Kier alpha value is -1.55. The number of nitrogens with one attached hydrogen (secondary N) is 2. The minimum Gasteiger partial charge on any atom is -0.355 e. The van der Waals surface area contributed by atoms with Gasteiger partial charge >= 0.3 is 0 Å². The van der Waals surface area contributed by atoms with E-state index in [1.165, 1.54) is 11.7 Å². The molecule has 0 aliphatic heterocycles. The lowest BCUT2D eigenvalue weighted by atomic mass is 10.5. The van der Waals surface area contributed by atoms with Crippen LogP contribution >= 0.6 is 11.6 Å². The van der Waals surface area contributed by atoms with Gasteiger partial charge in [-0.25, -0.2) is 4.99 Å². The third kappa shape index (κ3) is 7.12. The molecule has 0 rings (SSSR count). The molecule has 0 fully saturated rings. The van der Waals surface area contributed by atoms with Crippen LogP contribution in [0.5, 0.6) is 0 Å². The number of nitrogens with zero attached hydrogens (tertiary/aromatic N) is 1. The van der Waals surface area contributed by atoms with Crippen molar-refractivity contribution in [2.75, 3.05) is 6.54 Å². The fraction of sp³-hybridized carbons (Fsp3) is 0.111. The van der Waals surface area contributed by atoms with E-state index in [0.717, 1.165) is 0 Å². The molecular formula is C9H12ClN3O.